The lowest BCUT2D eigenvalue weighted by molar-refractivity contribution is 0.0602. The molecular weight excluding hydrogens is 244 g/mol. The van der Waals surface area contributed by atoms with Crippen LogP contribution in [-0.4, -0.2) is 24.6 Å². The average Bonchev–Trinajstić information content (AvgIpc) is 2.28. The molecule has 5 heteroatoms. The van der Waals surface area contributed by atoms with Gasteiger partial charge in [-0.25, -0.2) is 9.59 Å². The normalized spacial score (nSPS) is 10.8. The number of ether oxygens (including phenoxy) is 1. The van der Waals surface area contributed by atoms with Crippen LogP contribution >= 0.6 is 0 Å². The molecular formula is C14H20N2O3. The van der Waals surface area contributed by atoms with Crippen LogP contribution in [0.1, 0.15) is 36.7 Å². The fourth-order valence-corrected chi connectivity index (χ4v) is 1.54. The highest BCUT2D eigenvalue weighted by Gasteiger charge is 2.17. The highest BCUT2D eigenvalue weighted by molar-refractivity contribution is 6.01. The van der Waals surface area contributed by atoms with Crippen molar-refractivity contribution in [2.45, 2.75) is 33.2 Å². The molecule has 19 heavy (non-hydrogen) atoms. The average molecular weight is 264 g/mol. The van der Waals surface area contributed by atoms with Gasteiger partial charge < -0.3 is 15.4 Å². The van der Waals surface area contributed by atoms with Crippen molar-refractivity contribution in [3.05, 3.63) is 29.3 Å². The minimum atomic E-state index is -0.477. The van der Waals surface area contributed by atoms with Gasteiger partial charge in [0.1, 0.15) is 0 Å². The Morgan fingerprint density at radius 2 is 1.84 bits per heavy atom. The molecule has 104 valence electrons. The molecule has 0 aliphatic heterocycles. The Bertz CT molecular complexity index is 490. The zero-order valence-corrected chi connectivity index (χ0v) is 12.0. The third-order valence-corrected chi connectivity index (χ3v) is 2.32. The minimum absolute atomic E-state index is 0.339. The Hall–Kier alpha value is -2.04. The van der Waals surface area contributed by atoms with E-state index in [1.54, 1.807) is 12.1 Å². The van der Waals surface area contributed by atoms with E-state index in [9.17, 15) is 9.59 Å². The van der Waals surface area contributed by atoms with Crippen LogP contribution in [0.15, 0.2) is 18.2 Å². The standard InChI is InChI=1S/C14H20N2O3/c1-9-6-7-11(10(8-9)12(17)19-5)15-13(18)16-14(2,3)4/h6-8H,1-5H3,(H2,15,16,18). The molecule has 0 saturated heterocycles. The van der Waals surface area contributed by atoms with Gasteiger partial charge >= 0.3 is 12.0 Å². The summed E-state index contributed by atoms with van der Waals surface area (Å²) in [6, 6.07) is 4.82. The van der Waals surface area contributed by atoms with Gasteiger partial charge in [0.05, 0.1) is 18.4 Å². The number of carbonyl (C=O) groups is 2. The van der Waals surface area contributed by atoms with Crippen molar-refractivity contribution in [2.24, 2.45) is 0 Å². The summed E-state index contributed by atoms with van der Waals surface area (Å²) in [6.45, 7) is 7.50. The van der Waals surface area contributed by atoms with Gasteiger partial charge in [0.2, 0.25) is 0 Å². The lowest BCUT2D eigenvalue weighted by atomic mass is 10.1. The number of amides is 2. The number of rotatable bonds is 2. The van der Waals surface area contributed by atoms with E-state index in [0.717, 1.165) is 5.56 Å². The van der Waals surface area contributed by atoms with Crippen molar-refractivity contribution in [3.8, 4) is 0 Å². The first-order chi connectivity index (χ1) is 8.73. The Balaban J connectivity index is 2.95. The molecule has 0 heterocycles. The zero-order valence-electron chi connectivity index (χ0n) is 12.0. The van der Waals surface area contributed by atoms with Gasteiger partial charge in [-0.15, -0.1) is 0 Å². The summed E-state index contributed by atoms with van der Waals surface area (Å²) < 4.78 is 4.70. The van der Waals surface area contributed by atoms with Crippen LogP contribution in [0, 0.1) is 6.92 Å². The number of urea groups is 1. The first-order valence-electron chi connectivity index (χ1n) is 6.01. The molecule has 0 fully saturated rings. The van der Waals surface area contributed by atoms with Crippen LogP contribution in [-0.2, 0) is 4.74 Å². The van der Waals surface area contributed by atoms with Crippen molar-refractivity contribution in [3.63, 3.8) is 0 Å². The van der Waals surface area contributed by atoms with Crippen LogP contribution in [0.5, 0.6) is 0 Å². The van der Waals surface area contributed by atoms with Gasteiger partial charge in [0, 0.05) is 5.54 Å². The molecule has 0 atom stereocenters. The Morgan fingerprint density at radius 1 is 1.21 bits per heavy atom. The zero-order chi connectivity index (χ0) is 14.6. The summed E-state index contributed by atoms with van der Waals surface area (Å²) in [4.78, 5) is 23.5. The summed E-state index contributed by atoms with van der Waals surface area (Å²) in [6.07, 6.45) is 0. The van der Waals surface area contributed by atoms with Crippen LogP contribution < -0.4 is 10.6 Å². The number of esters is 1. The van der Waals surface area contributed by atoms with Gasteiger partial charge in [-0.3, -0.25) is 0 Å². The molecule has 5 nitrogen and oxygen atoms in total. The fourth-order valence-electron chi connectivity index (χ4n) is 1.54. The molecule has 2 amide bonds. The molecule has 1 rings (SSSR count). The Labute approximate surface area is 113 Å². The summed E-state index contributed by atoms with van der Waals surface area (Å²) in [5, 5.41) is 5.42. The van der Waals surface area contributed by atoms with Crippen molar-refractivity contribution in [1.82, 2.24) is 5.32 Å². The lowest BCUT2D eigenvalue weighted by Crippen LogP contribution is -2.43. The van der Waals surface area contributed by atoms with Crippen molar-refractivity contribution in [1.29, 1.82) is 0 Å². The molecule has 0 aliphatic carbocycles. The number of hydrogen-bond donors (Lipinski definition) is 2. The van der Waals surface area contributed by atoms with Gasteiger partial charge in [-0.2, -0.15) is 0 Å². The maximum Gasteiger partial charge on any atom is 0.339 e. The SMILES string of the molecule is COC(=O)c1cc(C)ccc1NC(=O)NC(C)(C)C. The van der Waals surface area contributed by atoms with Crippen LogP contribution in [0.25, 0.3) is 0 Å². The monoisotopic (exact) mass is 264 g/mol. The molecule has 0 aliphatic rings. The van der Waals surface area contributed by atoms with Gasteiger partial charge in [0.15, 0.2) is 0 Å². The summed E-state index contributed by atoms with van der Waals surface area (Å²) >= 11 is 0. The summed E-state index contributed by atoms with van der Waals surface area (Å²) in [7, 11) is 1.31. The quantitative estimate of drug-likeness (QED) is 0.807. The minimum Gasteiger partial charge on any atom is -0.465 e. The highest BCUT2D eigenvalue weighted by atomic mass is 16.5. The molecule has 1 aromatic carbocycles. The van der Waals surface area contributed by atoms with Gasteiger partial charge in [-0.05, 0) is 39.8 Å². The second kappa shape index (κ2) is 5.73. The molecule has 0 bridgehead atoms. The lowest BCUT2D eigenvalue weighted by Gasteiger charge is -2.21. The molecule has 0 saturated carbocycles. The predicted octanol–water partition coefficient (Wildman–Crippen LogP) is 2.70. The summed E-state index contributed by atoms with van der Waals surface area (Å²) in [5.74, 6) is -0.477. The molecule has 0 unspecified atom stereocenters. The maximum atomic E-state index is 11.8. The van der Waals surface area contributed by atoms with E-state index in [2.05, 4.69) is 10.6 Å². The molecule has 2 N–H and O–H groups in total. The molecule has 0 spiro atoms. The number of anilines is 1. The Morgan fingerprint density at radius 3 is 2.37 bits per heavy atom. The van der Waals surface area contributed by atoms with E-state index in [4.69, 9.17) is 4.74 Å². The van der Waals surface area contributed by atoms with Gasteiger partial charge in [0.25, 0.3) is 0 Å². The Kier molecular flexibility index (Phi) is 4.53. The highest BCUT2D eigenvalue weighted by Crippen LogP contribution is 2.18. The van der Waals surface area contributed by atoms with E-state index in [1.807, 2.05) is 33.8 Å². The van der Waals surface area contributed by atoms with Crippen molar-refractivity contribution >= 4 is 17.7 Å². The summed E-state index contributed by atoms with van der Waals surface area (Å²) in [5.41, 5.74) is 1.34. The third kappa shape index (κ3) is 4.62. The predicted molar refractivity (Wildman–Crippen MR) is 74.4 cm³/mol. The van der Waals surface area contributed by atoms with Crippen LogP contribution in [0.3, 0.4) is 0 Å². The second-order valence-electron chi connectivity index (χ2n) is 5.37. The maximum absolute atomic E-state index is 11.8. The van der Waals surface area contributed by atoms with E-state index in [1.165, 1.54) is 7.11 Å². The number of nitrogens with one attached hydrogen (secondary N) is 2. The second-order valence-corrected chi connectivity index (χ2v) is 5.37. The molecule has 1 aromatic rings. The fraction of sp³-hybridized carbons (Fsp3) is 0.429. The third-order valence-electron chi connectivity index (χ3n) is 2.32. The number of benzene rings is 1. The van der Waals surface area contributed by atoms with Crippen LogP contribution in [0.4, 0.5) is 10.5 Å². The first kappa shape index (κ1) is 15.0. The molecule has 0 aromatic heterocycles. The number of hydrogen-bond acceptors (Lipinski definition) is 3. The van der Waals surface area contributed by atoms with E-state index in [0.29, 0.717) is 11.3 Å². The van der Waals surface area contributed by atoms with E-state index in [-0.39, 0.29) is 11.6 Å². The first-order valence-corrected chi connectivity index (χ1v) is 6.01. The van der Waals surface area contributed by atoms with Gasteiger partial charge in [-0.1, -0.05) is 11.6 Å². The number of methoxy groups -OCH3 is 1. The molecule has 0 radical (unpaired) electrons. The number of carbonyl (C=O) groups excluding carboxylic acids is 2. The van der Waals surface area contributed by atoms with E-state index < -0.39 is 5.97 Å². The number of aryl methyl sites for hydroxylation is 1. The smallest absolute Gasteiger partial charge is 0.339 e. The van der Waals surface area contributed by atoms with Crippen LogP contribution in [0.2, 0.25) is 0 Å². The van der Waals surface area contributed by atoms with Crippen molar-refractivity contribution < 1.29 is 14.3 Å². The topological polar surface area (TPSA) is 67.4 Å². The van der Waals surface area contributed by atoms with Crippen molar-refractivity contribution in [2.75, 3.05) is 12.4 Å². The van der Waals surface area contributed by atoms with E-state index >= 15 is 0 Å². The largest absolute Gasteiger partial charge is 0.465 e.